The van der Waals surface area contributed by atoms with Crippen LogP contribution < -0.4 is 5.32 Å². The van der Waals surface area contributed by atoms with Gasteiger partial charge in [-0.05, 0) is 12.0 Å². The summed E-state index contributed by atoms with van der Waals surface area (Å²) in [6, 6.07) is 1.37. The Kier molecular flexibility index (Phi) is 4.67. The third-order valence-electron chi connectivity index (χ3n) is 2.64. The SMILES string of the molecule is CC(C)c1csc(CNC(=O)c2c(Cl)ccnc2F)n1. The van der Waals surface area contributed by atoms with Crippen molar-refractivity contribution in [3.8, 4) is 0 Å². The molecule has 0 saturated heterocycles. The highest BCUT2D eigenvalue weighted by molar-refractivity contribution is 7.09. The molecule has 2 rings (SSSR count). The number of nitrogens with one attached hydrogen (secondary N) is 1. The Morgan fingerprint density at radius 3 is 2.90 bits per heavy atom. The zero-order valence-electron chi connectivity index (χ0n) is 11.0. The molecule has 0 atom stereocenters. The molecule has 0 radical (unpaired) electrons. The van der Waals surface area contributed by atoms with Gasteiger partial charge >= 0.3 is 0 Å². The summed E-state index contributed by atoms with van der Waals surface area (Å²) in [6.07, 6.45) is 1.21. The molecule has 1 N–H and O–H groups in total. The van der Waals surface area contributed by atoms with Crippen LogP contribution in [0.15, 0.2) is 17.6 Å². The third kappa shape index (κ3) is 3.32. The van der Waals surface area contributed by atoms with E-state index in [-0.39, 0.29) is 17.1 Å². The molecule has 0 bridgehead atoms. The monoisotopic (exact) mass is 313 g/mol. The van der Waals surface area contributed by atoms with E-state index in [4.69, 9.17) is 11.6 Å². The van der Waals surface area contributed by atoms with Crippen molar-refractivity contribution < 1.29 is 9.18 Å². The summed E-state index contributed by atoms with van der Waals surface area (Å²) >= 11 is 7.25. The van der Waals surface area contributed by atoms with Gasteiger partial charge in [0.25, 0.3) is 5.91 Å². The minimum absolute atomic E-state index is 0.0389. The first-order valence-corrected chi connectivity index (χ1v) is 7.27. The molecule has 2 aromatic heterocycles. The lowest BCUT2D eigenvalue weighted by atomic mass is 10.2. The summed E-state index contributed by atoms with van der Waals surface area (Å²) in [5.74, 6) is -1.14. The van der Waals surface area contributed by atoms with Crippen LogP contribution in [0.5, 0.6) is 0 Å². The fourth-order valence-corrected chi connectivity index (χ4v) is 2.65. The van der Waals surface area contributed by atoms with E-state index in [1.807, 2.05) is 19.2 Å². The molecule has 0 aliphatic heterocycles. The molecule has 0 saturated carbocycles. The summed E-state index contributed by atoms with van der Waals surface area (Å²) in [5, 5.41) is 5.35. The zero-order valence-corrected chi connectivity index (χ0v) is 12.6. The molecule has 0 spiro atoms. The van der Waals surface area contributed by atoms with E-state index in [0.717, 1.165) is 10.7 Å². The minimum Gasteiger partial charge on any atom is -0.345 e. The third-order valence-corrected chi connectivity index (χ3v) is 3.82. The lowest BCUT2D eigenvalue weighted by Crippen LogP contribution is -2.24. The number of halogens is 2. The summed E-state index contributed by atoms with van der Waals surface area (Å²) in [4.78, 5) is 19.7. The molecule has 0 unspecified atom stereocenters. The number of amides is 1. The second kappa shape index (κ2) is 6.28. The number of carbonyl (C=O) groups is 1. The van der Waals surface area contributed by atoms with Crippen molar-refractivity contribution in [2.24, 2.45) is 0 Å². The molecule has 20 heavy (non-hydrogen) atoms. The Labute approximate surface area is 125 Å². The van der Waals surface area contributed by atoms with Crippen molar-refractivity contribution >= 4 is 28.8 Å². The van der Waals surface area contributed by atoms with Crippen LogP contribution in [0.1, 0.15) is 40.8 Å². The lowest BCUT2D eigenvalue weighted by molar-refractivity contribution is 0.0946. The van der Waals surface area contributed by atoms with Crippen LogP contribution in [-0.2, 0) is 6.54 Å². The normalized spacial score (nSPS) is 10.8. The summed E-state index contributed by atoms with van der Waals surface area (Å²) in [5.41, 5.74) is 0.736. The molecule has 1 amide bonds. The number of hydrogen-bond donors (Lipinski definition) is 1. The fraction of sp³-hybridized carbons (Fsp3) is 0.308. The molecule has 0 aromatic carbocycles. The van der Waals surface area contributed by atoms with Crippen LogP contribution in [-0.4, -0.2) is 15.9 Å². The molecular formula is C13H13ClFN3OS. The highest BCUT2D eigenvalue weighted by atomic mass is 35.5. The van der Waals surface area contributed by atoms with Gasteiger partial charge in [0.2, 0.25) is 5.95 Å². The predicted molar refractivity (Wildman–Crippen MR) is 76.6 cm³/mol. The Hall–Kier alpha value is -1.53. The van der Waals surface area contributed by atoms with Crippen molar-refractivity contribution in [1.82, 2.24) is 15.3 Å². The maximum atomic E-state index is 13.5. The Balaban J connectivity index is 2.05. The Bertz CT molecular complexity index is 610. The maximum Gasteiger partial charge on any atom is 0.257 e. The highest BCUT2D eigenvalue weighted by Crippen LogP contribution is 2.19. The van der Waals surface area contributed by atoms with E-state index < -0.39 is 11.9 Å². The molecule has 7 heteroatoms. The topological polar surface area (TPSA) is 54.9 Å². The van der Waals surface area contributed by atoms with Crippen molar-refractivity contribution in [3.05, 3.63) is 44.9 Å². The number of nitrogens with zero attached hydrogens (tertiary/aromatic N) is 2. The number of rotatable bonds is 4. The number of carbonyl (C=O) groups excluding carboxylic acids is 1. The number of pyridine rings is 1. The van der Waals surface area contributed by atoms with Gasteiger partial charge in [0.1, 0.15) is 10.6 Å². The second-order valence-corrected chi connectivity index (χ2v) is 5.81. The van der Waals surface area contributed by atoms with E-state index in [2.05, 4.69) is 15.3 Å². The number of thiazole rings is 1. The van der Waals surface area contributed by atoms with E-state index >= 15 is 0 Å². The van der Waals surface area contributed by atoms with E-state index in [0.29, 0.717) is 5.92 Å². The first-order chi connectivity index (χ1) is 9.49. The molecule has 106 valence electrons. The van der Waals surface area contributed by atoms with E-state index in [1.165, 1.54) is 23.6 Å². The van der Waals surface area contributed by atoms with Gasteiger partial charge in [-0.25, -0.2) is 9.97 Å². The zero-order chi connectivity index (χ0) is 14.7. The van der Waals surface area contributed by atoms with Crippen LogP contribution in [0.4, 0.5) is 4.39 Å². The van der Waals surface area contributed by atoms with Crippen LogP contribution in [0.25, 0.3) is 0 Å². The average molecular weight is 314 g/mol. The predicted octanol–water partition coefficient (Wildman–Crippen LogP) is 3.38. The second-order valence-electron chi connectivity index (χ2n) is 4.46. The van der Waals surface area contributed by atoms with Crippen molar-refractivity contribution in [2.45, 2.75) is 26.3 Å². The van der Waals surface area contributed by atoms with Crippen molar-refractivity contribution in [1.29, 1.82) is 0 Å². The van der Waals surface area contributed by atoms with Gasteiger partial charge in [-0.2, -0.15) is 4.39 Å². The molecule has 0 aliphatic carbocycles. The molecule has 2 aromatic rings. The Morgan fingerprint density at radius 2 is 2.30 bits per heavy atom. The van der Waals surface area contributed by atoms with Gasteiger partial charge in [-0.3, -0.25) is 4.79 Å². The largest absolute Gasteiger partial charge is 0.345 e. The Morgan fingerprint density at radius 1 is 1.55 bits per heavy atom. The molecule has 0 fully saturated rings. The van der Waals surface area contributed by atoms with Crippen LogP contribution in [0.3, 0.4) is 0 Å². The van der Waals surface area contributed by atoms with Gasteiger partial charge in [0.05, 0.1) is 17.3 Å². The van der Waals surface area contributed by atoms with Crippen LogP contribution in [0.2, 0.25) is 5.02 Å². The van der Waals surface area contributed by atoms with Gasteiger partial charge in [-0.1, -0.05) is 25.4 Å². The van der Waals surface area contributed by atoms with Gasteiger partial charge in [0, 0.05) is 11.6 Å². The molecule has 2 heterocycles. The number of aromatic nitrogens is 2. The molecule has 0 aliphatic rings. The standard InChI is InChI=1S/C13H13ClFN3OS/c1-7(2)9-6-20-10(18-9)5-17-13(19)11-8(14)3-4-16-12(11)15/h3-4,6-7H,5H2,1-2H3,(H,17,19). The van der Waals surface area contributed by atoms with Crippen LogP contribution >= 0.6 is 22.9 Å². The first kappa shape index (κ1) is 14.9. The smallest absolute Gasteiger partial charge is 0.257 e. The fourth-order valence-electron chi connectivity index (χ4n) is 1.53. The summed E-state index contributed by atoms with van der Waals surface area (Å²) < 4.78 is 13.5. The van der Waals surface area contributed by atoms with E-state index in [1.54, 1.807) is 0 Å². The molecule has 4 nitrogen and oxygen atoms in total. The van der Waals surface area contributed by atoms with Crippen molar-refractivity contribution in [2.75, 3.05) is 0 Å². The quantitative estimate of drug-likeness (QED) is 0.880. The maximum absolute atomic E-state index is 13.5. The van der Waals surface area contributed by atoms with Gasteiger partial charge in [-0.15, -0.1) is 11.3 Å². The lowest BCUT2D eigenvalue weighted by Gasteiger charge is -2.05. The first-order valence-electron chi connectivity index (χ1n) is 6.01. The van der Waals surface area contributed by atoms with Crippen LogP contribution in [0, 0.1) is 5.95 Å². The highest BCUT2D eigenvalue weighted by Gasteiger charge is 2.17. The minimum atomic E-state index is -0.878. The molecular weight excluding hydrogens is 301 g/mol. The van der Waals surface area contributed by atoms with Gasteiger partial charge < -0.3 is 5.32 Å². The van der Waals surface area contributed by atoms with Crippen molar-refractivity contribution in [3.63, 3.8) is 0 Å². The summed E-state index contributed by atoms with van der Waals surface area (Å²) in [6.45, 7) is 4.32. The number of hydrogen-bond acceptors (Lipinski definition) is 4. The van der Waals surface area contributed by atoms with E-state index in [9.17, 15) is 9.18 Å². The van der Waals surface area contributed by atoms with Gasteiger partial charge in [0.15, 0.2) is 0 Å². The average Bonchev–Trinajstić information content (AvgIpc) is 2.85. The summed E-state index contributed by atoms with van der Waals surface area (Å²) in [7, 11) is 0.